The highest BCUT2D eigenvalue weighted by molar-refractivity contribution is 5.88. The number of esters is 1. The minimum atomic E-state index is -0.821. The zero-order valence-corrected chi connectivity index (χ0v) is 14.6. The molecule has 0 saturated heterocycles. The van der Waals surface area contributed by atoms with Crippen LogP contribution in [0.2, 0.25) is 0 Å². The summed E-state index contributed by atoms with van der Waals surface area (Å²) in [6.07, 6.45) is 5.94. The Morgan fingerprint density at radius 2 is 1.86 bits per heavy atom. The fraction of sp³-hybridized carbons (Fsp3) is 0.833. The van der Waals surface area contributed by atoms with Crippen molar-refractivity contribution in [2.45, 2.75) is 83.0 Å². The highest BCUT2D eigenvalue weighted by atomic mass is 16.6. The average Bonchev–Trinajstić information content (AvgIpc) is 2.44. The maximum Gasteiger partial charge on any atom is 0.333 e. The largest absolute Gasteiger partial charge is 0.455 e. The van der Waals surface area contributed by atoms with Crippen molar-refractivity contribution in [2.75, 3.05) is 7.11 Å². The van der Waals surface area contributed by atoms with E-state index in [4.69, 9.17) is 9.47 Å². The van der Waals surface area contributed by atoms with Gasteiger partial charge in [-0.15, -0.1) is 0 Å². The molecule has 126 valence electrons. The number of hydrogen-bond acceptors (Lipinski definition) is 4. The first-order valence-electron chi connectivity index (χ1n) is 8.35. The first-order valence-corrected chi connectivity index (χ1v) is 8.35. The van der Waals surface area contributed by atoms with Gasteiger partial charge in [-0.2, -0.15) is 0 Å². The maximum absolute atomic E-state index is 12.3. The van der Waals surface area contributed by atoms with Gasteiger partial charge in [-0.05, 0) is 39.0 Å². The molecule has 2 fully saturated rings. The van der Waals surface area contributed by atoms with Crippen molar-refractivity contribution < 1.29 is 19.4 Å². The Labute approximate surface area is 133 Å². The van der Waals surface area contributed by atoms with Crippen molar-refractivity contribution in [1.82, 2.24) is 0 Å². The molecule has 2 rings (SSSR count). The van der Waals surface area contributed by atoms with E-state index in [0.29, 0.717) is 37.2 Å². The van der Waals surface area contributed by atoms with Crippen LogP contribution in [0.5, 0.6) is 0 Å². The Hall–Kier alpha value is -0.870. The molecule has 4 atom stereocenters. The van der Waals surface area contributed by atoms with Crippen LogP contribution >= 0.6 is 0 Å². The smallest absolute Gasteiger partial charge is 0.333 e. The Morgan fingerprint density at radius 1 is 1.27 bits per heavy atom. The van der Waals surface area contributed by atoms with E-state index in [1.165, 1.54) is 0 Å². The van der Waals surface area contributed by atoms with Crippen LogP contribution in [-0.4, -0.2) is 35.0 Å². The molecule has 1 N–H and O–H groups in total. The number of allylic oxidation sites excluding steroid dienone is 1. The molecule has 2 saturated carbocycles. The van der Waals surface area contributed by atoms with Gasteiger partial charge >= 0.3 is 5.97 Å². The van der Waals surface area contributed by atoms with Gasteiger partial charge in [-0.25, -0.2) is 4.79 Å². The quantitative estimate of drug-likeness (QED) is 0.639. The van der Waals surface area contributed by atoms with Gasteiger partial charge < -0.3 is 14.6 Å². The van der Waals surface area contributed by atoms with Crippen molar-refractivity contribution in [1.29, 1.82) is 0 Å². The monoisotopic (exact) mass is 310 g/mol. The molecule has 4 nitrogen and oxygen atoms in total. The molecule has 4 unspecified atom stereocenters. The Kier molecular flexibility index (Phi) is 4.74. The van der Waals surface area contributed by atoms with E-state index in [9.17, 15) is 9.90 Å². The SMILES string of the molecule is CC=C(C)C(=O)OC12CC(C)CC(OC)(CC(O)(CC)C1)C2. The molecule has 0 aliphatic heterocycles. The first-order chi connectivity index (χ1) is 10.2. The van der Waals surface area contributed by atoms with E-state index >= 15 is 0 Å². The summed E-state index contributed by atoms with van der Waals surface area (Å²) in [5.74, 6) is 0.135. The summed E-state index contributed by atoms with van der Waals surface area (Å²) in [5.41, 5.74) is -1.21. The number of fused-ring (bicyclic) bond motifs is 2. The third-order valence-electron chi connectivity index (χ3n) is 5.54. The molecule has 0 aromatic rings. The second-order valence-electron chi connectivity index (χ2n) is 7.55. The number of ether oxygens (including phenoxy) is 2. The van der Waals surface area contributed by atoms with E-state index in [2.05, 4.69) is 6.92 Å². The van der Waals surface area contributed by atoms with Crippen molar-refractivity contribution in [3.63, 3.8) is 0 Å². The topological polar surface area (TPSA) is 55.8 Å². The third kappa shape index (κ3) is 3.23. The van der Waals surface area contributed by atoms with Gasteiger partial charge in [0.1, 0.15) is 5.60 Å². The fourth-order valence-corrected chi connectivity index (χ4v) is 4.59. The van der Waals surface area contributed by atoms with E-state index in [1.54, 1.807) is 20.1 Å². The van der Waals surface area contributed by atoms with Crippen LogP contribution in [0.4, 0.5) is 0 Å². The molecule has 2 aliphatic carbocycles. The molecule has 0 radical (unpaired) electrons. The summed E-state index contributed by atoms with van der Waals surface area (Å²) in [4.78, 5) is 12.3. The molecule has 0 aromatic heterocycles. The zero-order valence-electron chi connectivity index (χ0n) is 14.6. The highest BCUT2D eigenvalue weighted by Gasteiger charge is 2.59. The zero-order chi connectivity index (χ0) is 16.6. The molecule has 0 amide bonds. The van der Waals surface area contributed by atoms with Crippen molar-refractivity contribution in [3.8, 4) is 0 Å². The molecule has 2 bridgehead atoms. The van der Waals surface area contributed by atoms with Crippen molar-refractivity contribution in [2.24, 2.45) is 5.92 Å². The predicted molar refractivity (Wildman–Crippen MR) is 85.5 cm³/mol. The highest BCUT2D eigenvalue weighted by Crippen LogP contribution is 2.55. The van der Waals surface area contributed by atoms with Gasteiger partial charge in [-0.3, -0.25) is 0 Å². The van der Waals surface area contributed by atoms with Crippen LogP contribution in [0.15, 0.2) is 11.6 Å². The second kappa shape index (κ2) is 5.97. The lowest BCUT2D eigenvalue weighted by Gasteiger charge is -2.57. The molecule has 22 heavy (non-hydrogen) atoms. The summed E-state index contributed by atoms with van der Waals surface area (Å²) < 4.78 is 11.8. The van der Waals surface area contributed by atoms with E-state index < -0.39 is 11.2 Å². The number of methoxy groups -OCH3 is 1. The third-order valence-corrected chi connectivity index (χ3v) is 5.54. The summed E-state index contributed by atoms with van der Waals surface area (Å²) >= 11 is 0. The molecule has 4 heteroatoms. The molecule has 0 spiro atoms. The number of carbonyl (C=O) groups excluding carboxylic acids is 1. The average molecular weight is 310 g/mol. The van der Waals surface area contributed by atoms with Gasteiger partial charge in [0, 0.05) is 31.9 Å². The molecule has 0 aromatic carbocycles. The Balaban J connectivity index is 2.35. The van der Waals surface area contributed by atoms with Gasteiger partial charge in [0.15, 0.2) is 0 Å². The van der Waals surface area contributed by atoms with Crippen LogP contribution in [0.3, 0.4) is 0 Å². The molecular weight excluding hydrogens is 280 g/mol. The van der Waals surface area contributed by atoms with Gasteiger partial charge in [0.25, 0.3) is 0 Å². The van der Waals surface area contributed by atoms with Crippen molar-refractivity contribution in [3.05, 3.63) is 11.6 Å². The molecule has 0 heterocycles. The van der Waals surface area contributed by atoms with Gasteiger partial charge in [0.2, 0.25) is 0 Å². The molecule has 2 aliphatic rings. The Morgan fingerprint density at radius 3 is 2.41 bits per heavy atom. The lowest BCUT2D eigenvalue weighted by molar-refractivity contribution is -0.232. The summed E-state index contributed by atoms with van der Waals surface area (Å²) in [5, 5.41) is 11.0. The number of aliphatic hydroxyl groups is 1. The predicted octanol–water partition coefficient (Wildman–Crippen LogP) is 3.37. The van der Waals surface area contributed by atoms with Crippen LogP contribution in [0, 0.1) is 5.92 Å². The van der Waals surface area contributed by atoms with Gasteiger partial charge in [0.05, 0.1) is 11.2 Å². The molecular formula is C18H30O4. The minimum absolute atomic E-state index is 0.276. The number of hydrogen-bond donors (Lipinski definition) is 1. The van der Waals surface area contributed by atoms with E-state index in [0.717, 1.165) is 12.8 Å². The Bertz CT molecular complexity index is 468. The van der Waals surface area contributed by atoms with E-state index in [-0.39, 0.29) is 11.6 Å². The normalized spacial score (nSPS) is 42.1. The maximum atomic E-state index is 12.3. The lowest BCUT2D eigenvalue weighted by atomic mass is 9.58. The lowest BCUT2D eigenvalue weighted by Crippen LogP contribution is -2.62. The number of carbonyl (C=O) groups is 1. The summed E-state index contributed by atoms with van der Waals surface area (Å²) in [6.45, 7) is 7.76. The van der Waals surface area contributed by atoms with Crippen LogP contribution < -0.4 is 0 Å². The fourth-order valence-electron chi connectivity index (χ4n) is 4.59. The van der Waals surface area contributed by atoms with Crippen LogP contribution in [0.25, 0.3) is 0 Å². The minimum Gasteiger partial charge on any atom is -0.455 e. The summed E-state index contributed by atoms with van der Waals surface area (Å²) in [7, 11) is 1.71. The van der Waals surface area contributed by atoms with Crippen LogP contribution in [-0.2, 0) is 14.3 Å². The standard InChI is InChI=1S/C18H30O4/c1-6-14(4)15(19)22-18-9-13(3)8-17(12-18,21-5)10-16(20,7-2)11-18/h6,13,20H,7-12H2,1-5H3. The van der Waals surface area contributed by atoms with Crippen LogP contribution in [0.1, 0.15) is 66.2 Å². The van der Waals surface area contributed by atoms with Crippen molar-refractivity contribution >= 4 is 5.97 Å². The first kappa shape index (κ1) is 17.5. The van der Waals surface area contributed by atoms with Gasteiger partial charge in [-0.1, -0.05) is 19.9 Å². The van der Waals surface area contributed by atoms with E-state index in [1.807, 2.05) is 13.8 Å². The summed E-state index contributed by atoms with van der Waals surface area (Å²) in [6, 6.07) is 0. The number of rotatable bonds is 4. The second-order valence-corrected chi connectivity index (χ2v) is 7.55.